The zero-order chi connectivity index (χ0) is 27.5. The number of rotatable bonds is 8. The van der Waals surface area contributed by atoms with Crippen molar-refractivity contribution in [1.82, 2.24) is 35.0 Å². The third-order valence-electron chi connectivity index (χ3n) is 7.92. The molecular formula is C32H35N7O. The fraction of sp³-hybridized carbons (Fsp3) is 0.312. The van der Waals surface area contributed by atoms with E-state index in [2.05, 4.69) is 98.8 Å². The monoisotopic (exact) mass is 533 g/mol. The van der Waals surface area contributed by atoms with Gasteiger partial charge in [-0.15, -0.1) is 5.10 Å². The van der Waals surface area contributed by atoms with Crippen molar-refractivity contribution in [3.05, 3.63) is 123 Å². The van der Waals surface area contributed by atoms with Crippen molar-refractivity contribution in [3.63, 3.8) is 0 Å². The Kier molecular flexibility index (Phi) is 7.53. The van der Waals surface area contributed by atoms with Gasteiger partial charge in [-0.3, -0.25) is 14.6 Å². The molecule has 0 bridgehead atoms. The van der Waals surface area contributed by atoms with Crippen LogP contribution in [0.15, 0.2) is 83.7 Å². The number of piperazine rings is 1. The highest BCUT2D eigenvalue weighted by Gasteiger charge is 2.32. The Bertz CT molecular complexity index is 1640. The van der Waals surface area contributed by atoms with Crippen LogP contribution in [0, 0.1) is 13.8 Å². The first-order valence-corrected chi connectivity index (χ1v) is 14.0. The first-order chi connectivity index (χ1) is 19.5. The number of nitrogens with zero attached hydrogens (tertiary/aromatic N) is 6. The second kappa shape index (κ2) is 11.5. The normalized spacial score (nSPS) is 15.4. The number of H-pyrrole nitrogens is 1. The van der Waals surface area contributed by atoms with E-state index < -0.39 is 0 Å². The summed E-state index contributed by atoms with van der Waals surface area (Å²) in [5, 5.41) is 14.0. The van der Waals surface area contributed by atoms with Gasteiger partial charge in [-0.2, -0.15) is 0 Å². The van der Waals surface area contributed by atoms with Crippen molar-refractivity contribution >= 4 is 10.9 Å². The fourth-order valence-electron chi connectivity index (χ4n) is 5.86. The van der Waals surface area contributed by atoms with Gasteiger partial charge in [-0.25, -0.2) is 4.68 Å². The fourth-order valence-corrected chi connectivity index (χ4v) is 5.86. The maximum Gasteiger partial charge on any atom is 0.253 e. The predicted octanol–water partition coefficient (Wildman–Crippen LogP) is 4.28. The van der Waals surface area contributed by atoms with Gasteiger partial charge in [0.05, 0.1) is 0 Å². The van der Waals surface area contributed by atoms with E-state index >= 15 is 0 Å². The number of hydrogen-bond acceptors (Lipinski definition) is 6. The van der Waals surface area contributed by atoms with Crippen LogP contribution in [0.1, 0.15) is 39.7 Å². The average Bonchev–Trinajstić information content (AvgIpc) is 3.42. The first kappa shape index (κ1) is 26.1. The maximum atomic E-state index is 13.7. The summed E-state index contributed by atoms with van der Waals surface area (Å²) in [5.74, 6) is 0.710. The standard InChI is InChI=1S/C32H35N7O/c1-23-19-24(2)27-21-28(32(40)33-29(27)20-23)30(31-34-35-36-39(31)14-13-25-9-5-3-6-10-25)38-17-15-37(16-18-38)22-26-11-7-4-8-12-26/h3-12,19-21,30H,13-18,22H2,1-2H3,(H,33,40)/t30-/m1/s1. The number of pyridine rings is 1. The van der Waals surface area contributed by atoms with Crippen molar-refractivity contribution in [2.24, 2.45) is 0 Å². The minimum absolute atomic E-state index is 0.0909. The Morgan fingerprint density at radius 2 is 1.57 bits per heavy atom. The van der Waals surface area contributed by atoms with Crippen LogP contribution in [0.3, 0.4) is 0 Å². The summed E-state index contributed by atoms with van der Waals surface area (Å²) in [7, 11) is 0. The molecule has 0 saturated carbocycles. The molecule has 40 heavy (non-hydrogen) atoms. The van der Waals surface area contributed by atoms with Gasteiger partial charge >= 0.3 is 0 Å². The molecule has 204 valence electrons. The first-order valence-electron chi connectivity index (χ1n) is 14.0. The second-order valence-corrected chi connectivity index (χ2v) is 10.8. The van der Waals surface area contributed by atoms with Crippen LogP contribution >= 0.6 is 0 Å². The highest BCUT2D eigenvalue weighted by atomic mass is 16.1. The Labute approximate surface area is 234 Å². The van der Waals surface area contributed by atoms with E-state index in [1.54, 1.807) is 0 Å². The summed E-state index contributed by atoms with van der Waals surface area (Å²) < 4.78 is 1.87. The van der Waals surface area contributed by atoms with Gasteiger partial charge in [-0.1, -0.05) is 66.7 Å². The minimum Gasteiger partial charge on any atom is -0.322 e. The number of hydrogen-bond donors (Lipinski definition) is 1. The largest absolute Gasteiger partial charge is 0.322 e. The average molecular weight is 534 g/mol. The molecule has 8 nitrogen and oxygen atoms in total. The number of aryl methyl sites for hydroxylation is 4. The smallest absolute Gasteiger partial charge is 0.253 e. The van der Waals surface area contributed by atoms with Gasteiger partial charge < -0.3 is 4.98 Å². The molecule has 0 unspecified atom stereocenters. The van der Waals surface area contributed by atoms with Crippen LogP contribution in [0.5, 0.6) is 0 Å². The van der Waals surface area contributed by atoms with E-state index in [9.17, 15) is 4.79 Å². The summed E-state index contributed by atoms with van der Waals surface area (Å²) in [4.78, 5) is 21.7. The Morgan fingerprint density at radius 3 is 2.30 bits per heavy atom. The van der Waals surface area contributed by atoms with E-state index in [0.717, 1.165) is 61.2 Å². The van der Waals surface area contributed by atoms with Gasteiger partial charge in [0, 0.05) is 55.7 Å². The highest BCUT2D eigenvalue weighted by molar-refractivity contribution is 5.83. The molecule has 0 amide bonds. The van der Waals surface area contributed by atoms with Crippen LogP contribution < -0.4 is 5.56 Å². The van der Waals surface area contributed by atoms with Gasteiger partial charge in [-0.05, 0) is 65.1 Å². The molecule has 0 spiro atoms. The number of nitrogens with one attached hydrogen (secondary N) is 1. The SMILES string of the molecule is Cc1cc(C)c2cc([C@H](c3nnnn3CCc3ccccc3)N3CCN(Cc4ccccc4)CC3)c(=O)[nH]c2c1. The van der Waals surface area contributed by atoms with Crippen molar-refractivity contribution in [3.8, 4) is 0 Å². The van der Waals surface area contributed by atoms with E-state index in [1.807, 2.05) is 28.9 Å². The molecular weight excluding hydrogens is 498 g/mol. The summed E-state index contributed by atoms with van der Waals surface area (Å²) in [6, 6.07) is 26.8. The van der Waals surface area contributed by atoms with Crippen molar-refractivity contribution in [2.45, 2.75) is 39.4 Å². The quantitative estimate of drug-likeness (QED) is 0.321. The van der Waals surface area contributed by atoms with Crippen LogP contribution in [0.4, 0.5) is 0 Å². The van der Waals surface area contributed by atoms with Gasteiger partial charge in [0.25, 0.3) is 5.56 Å². The zero-order valence-electron chi connectivity index (χ0n) is 23.1. The van der Waals surface area contributed by atoms with Gasteiger partial charge in [0.1, 0.15) is 6.04 Å². The molecule has 1 aliphatic heterocycles. The minimum atomic E-state index is -0.349. The summed E-state index contributed by atoms with van der Waals surface area (Å²) in [6.45, 7) is 9.14. The van der Waals surface area contributed by atoms with Crippen LogP contribution in [-0.4, -0.2) is 61.2 Å². The van der Waals surface area contributed by atoms with Crippen molar-refractivity contribution < 1.29 is 0 Å². The molecule has 6 rings (SSSR count). The van der Waals surface area contributed by atoms with Crippen LogP contribution in [0.2, 0.25) is 0 Å². The van der Waals surface area contributed by atoms with Crippen molar-refractivity contribution in [1.29, 1.82) is 0 Å². The molecule has 0 radical (unpaired) electrons. The lowest BCUT2D eigenvalue weighted by Crippen LogP contribution is -2.48. The van der Waals surface area contributed by atoms with Crippen molar-refractivity contribution in [2.75, 3.05) is 26.2 Å². The predicted molar refractivity (Wildman–Crippen MR) is 157 cm³/mol. The van der Waals surface area contributed by atoms with Gasteiger partial charge in [0.15, 0.2) is 5.82 Å². The molecule has 1 saturated heterocycles. The van der Waals surface area contributed by atoms with E-state index in [-0.39, 0.29) is 11.6 Å². The third-order valence-corrected chi connectivity index (χ3v) is 7.92. The molecule has 3 heterocycles. The molecule has 1 atom stereocenters. The Hall–Kier alpha value is -4.14. The lowest BCUT2D eigenvalue weighted by molar-refractivity contribution is 0.0996. The Balaban J connectivity index is 1.34. The molecule has 3 aromatic carbocycles. The zero-order valence-corrected chi connectivity index (χ0v) is 23.1. The van der Waals surface area contributed by atoms with E-state index in [1.165, 1.54) is 11.1 Å². The Morgan fingerprint density at radius 1 is 0.875 bits per heavy atom. The molecule has 1 aliphatic rings. The number of aromatic amines is 1. The lowest BCUT2D eigenvalue weighted by Gasteiger charge is -2.38. The van der Waals surface area contributed by atoms with E-state index in [0.29, 0.717) is 17.9 Å². The number of fused-ring (bicyclic) bond motifs is 1. The molecule has 2 aromatic heterocycles. The highest BCUT2D eigenvalue weighted by Crippen LogP contribution is 2.29. The summed E-state index contributed by atoms with van der Waals surface area (Å²) in [6.07, 6.45) is 0.808. The number of benzene rings is 3. The van der Waals surface area contributed by atoms with Gasteiger partial charge in [0.2, 0.25) is 0 Å². The summed E-state index contributed by atoms with van der Waals surface area (Å²) >= 11 is 0. The molecule has 0 aliphatic carbocycles. The van der Waals surface area contributed by atoms with Crippen LogP contribution in [0.25, 0.3) is 10.9 Å². The number of aromatic nitrogens is 5. The molecule has 8 heteroatoms. The topological polar surface area (TPSA) is 82.9 Å². The molecule has 1 N–H and O–H groups in total. The third kappa shape index (κ3) is 5.59. The van der Waals surface area contributed by atoms with Crippen LogP contribution in [-0.2, 0) is 19.5 Å². The number of tetrazole rings is 1. The molecule has 1 fully saturated rings. The second-order valence-electron chi connectivity index (χ2n) is 10.8. The summed E-state index contributed by atoms with van der Waals surface area (Å²) in [5.41, 5.74) is 6.27. The lowest BCUT2D eigenvalue weighted by atomic mass is 9.99. The van der Waals surface area contributed by atoms with E-state index in [4.69, 9.17) is 0 Å². The maximum absolute atomic E-state index is 13.7. The molecule has 5 aromatic rings.